The van der Waals surface area contributed by atoms with Gasteiger partial charge in [0.2, 0.25) is 10.0 Å². The summed E-state index contributed by atoms with van der Waals surface area (Å²) in [6.07, 6.45) is 6.18. The molecule has 0 radical (unpaired) electrons. The molecule has 41 heavy (non-hydrogen) atoms. The number of aromatic nitrogens is 6. The van der Waals surface area contributed by atoms with Gasteiger partial charge in [-0.05, 0) is 67.8 Å². The van der Waals surface area contributed by atoms with Crippen LogP contribution >= 0.6 is 0 Å². The molecule has 4 heterocycles. The molecule has 0 amide bonds. The van der Waals surface area contributed by atoms with Gasteiger partial charge in [0.1, 0.15) is 23.3 Å². The van der Waals surface area contributed by atoms with E-state index in [1.165, 1.54) is 6.33 Å². The summed E-state index contributed by atoms with van der Waals surface area (Å²) in [7, 11) is -3.45. The standard InChI is InChI=1S/C29H28N8O3S/c1-17-12-20(14-21(13-17)35-41(4,39)40)23-15-30-26-24(23)27(32-16-31-26)33-19(3)28-34-36-11-10-18(2)25(36)29(38)37(28)22-8-6-5-7-9-22/h5-16,19,35H,1-4H3,(H2,30,31,32,33)/t19-/m0/s1. The molecular weight excluding hydrogens is 540 g/mol. The molecule has 6 rings (SSSR count). The van der Waals surface area contributed by atoms with Crippen LogP contribution in [0.2, 0.25) is 0 Å². The van der Waals surface area contributed by atoms with E-state index in [-0.39, 0.29) is 5.56 Å². The lowest BCUT2D eigenvalue weighted by Crippen LogP contribution is -2.29. The van der Waals surface area contributed by atoms with Gasteiger partial charge in [0, 0.05) is 23.6 Å². The van der Waals surface area contributed by atoms with Gasteiger partial charge >= 0.3 is 0 Å². The molecule has 11 nitrogen and oxygen atoms in total. The molecule has 12 heteroatoms. The van der Waals surface area contributed by atoms with Gasteiger partial charge < -0.3 is 10.3 Å². The van der Waals surface area contributed by atoms with Gasteiger partial charge in [0.25, 0.3) is 5.56 Å². The molecule has 0 spiro atoms. The van der Waals surface area contributed by atoms with E-state index in [2.05, 4.69) is 25.0 Å². The summed E-state index contributed by atoms with van der Waals surface area (Å²) in [6, 6.07) is 16.3. The lowest BCUT2D eigenvalue weighted by Gasteiger charge is -2.20. The molecule has 0 aliphatic carbocycles. The zero-order chi connectivity index (χ0) is 28.9. The fourth-order valence-corrected chi connectivity index (χ4v) is 5.67. The van der Waals surface area contributed by atoms with E-state index in [0.29, 0.717) is 34.2 Å². The molecule has 1 atom stereocenters. The first-order valence-corrected chi connectivity index (χ1v) is 14.8. The van der Waals surface area contributed by atoms with E-state index in [0.717, 1.165) is 33.9 Å². The van der Waals surface area contributed by atoms with Crippen LogP contribution in [0.3, 0.4) is 0 Å². The lowest BCUT2D eigenvalue weighted by atomic mass is 10.0. The van der Waals surface area contributed by atoms with Crippen molar-refractivity contribution >= 4 is 38.1 Å². The monoisotopic (exact) mass is 568 g/mol. The first-order chi connectivity index (χ1) is 19.6. The zero-order valence-electron chi connectivity index (χ0n) is 22.9. The molecule has 2 aromatic carbocycles. The van der Waals surface area contributed by atoms with Crippen LogP contribution in [0.4, 0.5) is 11.5 Å². The second-order valence-corrected chi connectivity index (χ2v) is 11.9. The third-order valence-electron chi connectivity index (χ3n) is 6.83. The molecule has 0 fully saturated rings. The van der Waals surface area contributed by atoms with Crippen molar-refractivity contribution in [3.63, 3.8) is 0 Å². The summed E-state index contributed by atoms with van der Waals surface area (Å²) >= 11 is 0. The largest absolute Gasteiger partial charge is 0.360 e. The van der Waals surface area contributed by atoms with Gasteiger partial charge in [-0.15, -0.1) is 0 Å². The second kappa shape index (κ2) is 9.89. The number of hydrogen-bond acceptors (Lipinski definition) is 7. The van der Waals surface area contributed by atoms with Crippen molar-refractivity contribution in [2.24, 2.45) is 0 Å². The SMILES string of the molecule is Cc1cc(NS(C)(=O)=O)cc(-c2c[nH]c3ncnc(N[C@@H](C)c4nn5ccc(C)c5c(=O)n4-c4ccccc4)c23)c1. The molecule has 208 valence electrons. The first kappa shape index (κ1) is 26.3. The Morgan fingerprint density at radius 2 is 1.80 bits per heavy atom. The van der Waals surface area contributed by atoms with Crippen molar-refractivity contribution in [2.75, 3.05) is 16.3 Å². The molecule has 0 aliphatic rings. The summed E-state index contributed by atoms with van der Waals surface area (Å²) in [5.41, 5.74) is 5.43. The van der Waals surface area contributed by atoms with Gasteiger partial charge in [-0.25, -0.2) is 22.9 Å². The number of aryl methyl sites for hydroxylation is 2. The van der Waals surface area contributed by atoms with Gasteiger partial charge in [0.05, 0.1) is 23.4 Å². The van der Waals surface area contributed by atoms with Gasteiger partial charge in [-0.2, -0.15) is 5.10 Å². The zero-order valence-corrected chi connectivity index (χ0v) is 23.7. The first-order valence-electron chi connectivity index (χ1n) is 12.9. The highest BCUT2D eigenvalue weighted by atomic mass is 32.2. The molecule has 0 aliphatic heterocycles. The normalized spacial score (nSPS) is 12.6. The fraction of sp³-hybridized carbons (Fsp3) is 0.172. The summed E-state index contributed by atoms with van der Waals surface area (Å²) in [6.45, 7) is 5.71. The highest BCUT2D eigenvalue weighted by Gasteiger charge is 2.22. The van der Waals surface area contributed by atoms with Gasteiger partial charge in [-0.3, -0.25) is 14.1 Å². The van der Waals surface area contributed by atoms with Gasteiger partial charge in [0.15, 0.2) is 5.82 Å². The average molecular weight is 569 g/mol. The molecule has 6 aromatic rings. The van der Waals surface area contributed by atoms with Crippen LogP contribution in [0.1, 0.15) is 29.9 Å². The van der Waals surface area contributed by atoms with Crippen molar-refractivity contribution < 1.29 is 8.42 Å². The van der Waals surface area contributed by atoms with Crippen LogP contribution in [0.5, 0.6) is 0 Å². The summed E-state index contributed by atoms with van der Waals surface area (Å²) in [5.74, 6) is 1.04. The number of anilines is 2. The minimum absolute atomic E-state index is 0.168. The van der Waals surface area contributed by atoms with Crippen molar-refractivity contribution in [3.05, 3.63) is 101 Å². The minimum Gasteiger partial charge on any atom is -0.360 e. The van der Waals surface area contributed by atoms with Crippen molar-refractivity contribution in [2.45, 2.75) is 26.8 Å². The molecule has 0 unspecified atom stereocenters. The Morgan fingerprint density at radius 3 is 2.56 bits per heavy atom. The van der Waals surface area contributed by atoms with Crippen LogP contribution in [-0.4, -0.2) is 43.8 Å². The lowest BCUT2D eigenvalue weighted by molar-refractivity contribution is 0.607. The quantitative estimate of drug-likeness (QED) is 0.256. The van der Waals surface area contributed by atoms with E-state index in [4.69, 9.17) is 5.10 Å². The Hall–Kier alpha value is -4.97. The summed E-state index contributed by atoms with van der Waals surface area (Å²) in [4.78, 5) is 25.9. The minimum atomic E-state index is -3.45. The Balaban J connectivity index is 1.47. The molecule has 0 bridgehead atoms. The number of H-pyrrole nitrogens is 1. The Labute approximate surface area is 236 Å². The van der Waals surface area contributed by atoms with Crippen molar-refractivity contribution in [1.29, 1.82) is 0 Å². The average Bonchev–Trinajstić information content (AvgIpc) is 3.52. The predicted octanol–water partition coefficient (Wildman–Crippen LogP) is 4.58. The smallest absolute Gasteiger partial charge is 0.282 e. The van der Waals surface area contributed by atoms with Crippen molar-refractivity contribution in [3.8, 4) is 16.8 Å². The van der Waals surface area contributed by atoms with E-state index in [1.54, 1.807) is 27.4 Å². The number of benzene rings is 2. The van der Waals surface area contributed by atoms with E-state index in [1.807, 2.05) is 69.4 Å². The fourth-order valence-electron chi connectivity index (χ4n) is 5.12. The summed E-state index contributed by atoms with van der Waals surface area (Å²) < 4.78 is 29.6. The van der Waals surface area contributed by atoms with Crippen LogP contribution in [0.25, 0.3) is 33.4 Å². The Bertz CT molecular complexity index is 2100. The van der Waals surface area contributed by atoms with Crippen LogP contribution < -0.4 is 15.6 Å². The third kappa shape index (κ3) is 4.93. The number of aromatic amines is 1. The number of sulfonamides is 1. The number of hydrogen-bond donors (Lipinski definition) is 3. The van der Waals surface area contributed by atoms with E-state index < -0.39 is 16.1 Å². The van der Waals surface area contributed by atoms with Crippen LogP contribution in [0.15, 0.2) is 78.1 Å². The Kier molecular flexibility index (Phi) is 6.34. The Morgan fingerprint density at radius 1 is 1.02 bits per heavy atom. The molecule has 0 saturated carbocycles. The third-order valence-corrected chi connectivity index (χ3v) is 7.44. The molecule has 4 aromatic heterocycles. The van der Waals surface area contributed by atoms with Gasteiger partial charge in [-0.1, -0.05) is 24.3 Å². The maximum Gasteiger partial charge on any atom is 0.282 e. The second-order valence-electron chi connectivity index (χ2n) is 10.1. The highest BCUT2D eigenvalue weighted by molar-refractivity contribution is 7.92. The highest BCUT2D eigenvalue weighted by Crippen LogP contribution is 2.35. The maximum atomic E-state index is 13.8. The maximum absolute atomic E-state index is 13.8. The van der Waals surface area contributed by atoms with Crippen LogP contribution in [0, 0.1) is 13.8 Å². The number of para-hydroxylation sites is 1. The number of nitrogens with one attached hydrogen (secondary N) is 3. The number of rotatable bonds is 7. The molecular formula is C29H28N8O3S. The van der Waals surface area contributed by atoms with E-state index >= 15 is 0 Å². The topological polar surface area (TPSA) is 139 Å². The predicted molar refractivity (Wildman–Crippen MR) is 160 cm³/mol. The number of fused-ring (bicyclic) bond motifs is 2. The van der Waals surface area contributed by atoms with Crippen LogP contribution in [-0.2, 0) is 10.0 Å². The number of nitrogens with zero attached hydrogens (tertiary/aromatic N) is 5. The summed E-state index contributed by atoms with van der Waals surface area (Å²) in [5, 5.41) is 9.02. The molecule has 3 N–H and O–H groups in total. The van der Waals surface area contributed by atoms with E-state index in [9.17, 15) is 13.2 Å². The van der Waals surface area contributed by atoms with Crippen molar-refractivity contribution in [1.82, 2.24) is 29.1 Å². The molecule has 0 saturated heterocycles.